The predicted octanol–water partition coefficient (Wildman–Crippen LogP) is 4.98. The fourth-order valence-corrected chi connectivity index (χ4v) is 4.14. The van der Waals surface area contributed by atoms with Crippen LogP contribution >= 0.6 is 36.1 Å². The molecule has 1 heterocycles. The summed E-state index contributed by atoms with van der Waals surface area (Å²) in [5.41, 5.74) is 3.97. The second-order valence-electron chi connectivity index (χ2n) is 4.90. The van der Waals surface area contributed by atoms with Crippen LogP contribution in [0.2, 0.25) is 0 Å². The van der Waals surface area contributed by atoms with Gasteiger partial charge in [-0.3, -0.25) is 0 Å². The molecule has 0 bridgehead atoms. The fourth-order valence-electron chi connectivity index (χ4n) is 2.20. The van der Waals surface area contributed by atoms with Crippen molar-refractivity contribution >= 4 is 46.3 Å². The molecular formula is C13H18N2S3. The topological polar surface area (TPSA) is 24.9 Å². The van der Waals surface area contributed by atoms with Crippen LogP contribution in [-0.4, -0.2) is 4.98 Å². The number of hydrogen-bond acceptors (Lipinski definition) is 5. The van der Waals surface area contributed by atoms with Crippen LogP contribution in [0.5, 0.6) is 0 Å². The molecule has 0 spiro atoms. The third kappa shape index (κ3) is 2.69. The maximum absolute atomic E-state index is 4.74. The lowest BCUT2D eigenvalue weighted by Crippen LogP contribution is -1.99. The van der Waals surface area contributed by atoms with E-state index in [2.05, 4.69) is 56.8 Å². The molecule has 0 unspecified atom stereocenters. The van der Waals surface area contributed by atoms with Gasteiger partial charge in [0.05, 0.1) is 10.2 Å². The number of rotatable bonds is 4. The number of nitrogens with one attached hydrogen (secondary N) is 1. The second-order valence-corrected chi connectivity index (χ2v) is 7.51. The summed E-state index contributed by atoms with van der Waals surface area (Å²) in [6.45, 7) is 8.96. The molecule has 0 amide bonds. The van der Waals surface area contributed by atoms with Gasteiger partial charge in [-0.25, -0.2) is 9.11 Å². The van der Waals surface area contributed by atoms with Crippen molar-refractivity contribution in [2.24, 2.45) is 0 Å². The van der Waals surface area contributed by atoms with Gasteiger partial charge >= 0.3 is 0 Å². The maximum atomic E-state index is 4.74. The smallest absolute Gasteiger partial charge is 0.166 e. The highest BCUT2D eigenvalue weighted by atomic mass is 32.2. The largest absolute Gasteiger partial charge is 0.228 e. The molecule has 0 radical (unpaired) electrons. The van der Waals surface area contributed by atoms with E-state index in [4.69, 9.17) is 4.98 Å². The van der Waals surface area contributed by atoms with Gasteiger partial charge in [0.1, 0.15) is 0 Å². The molecule has 1 aromatic carbocycles. The zero-order valence-corrected chi connectivity index (χ0v) is 13.5. The van der Waals surface area contributed by atoms with Gasteiger partial charge in [-0.15, -0.1) is 11.3 Å². The molecule has 0 saturated carbocycles. The number of fused-ring (bicyclic) bond motifs is 1. The van der Waals surface area contributed by atoms with E-state index in [0.717, 1.165) is 9.86 Å². The van der Waals surface area contributed by atoms with Crippen LogP contribution < -0.4 is 4.13 Å². The summed E-state index contributed by atoms with van der Waals surface area (Å²) >= 11 is 7.18. The van der Waals surface area contributed by atoms with E-state index in [-0.39, 0.29) is 0 Å². The van der Waals surface area contributed by atoms with Crippen LogP contribution in [0, 0.1) is 0 Å². The first-order chi connectivity index (χ1) is 8.54. The van der Waals surface area contributed by atoms with Crippen LogP contribution in [0.3, 0.4) is 0 Å². The van der Waals surface area contributed by atoms with Crippen LogP contribution in [0.15, 0.2) is 16.5 Å². The van der Waals surface area contributed by atoms with Gasteiger partial charge in [-0.05, 0) is 41.0 Å². The Morgan fingerprint density at radius 3 is 2.50 bits per heavy atom. The van der Waals surface area contributed by atoms with E-state index in [1.54, 1.807) is 11.3 Å². The van der Waals surface area contributed by atoms with Crippen molar-refractivity contribution < 1.29 is 0 Å². The molecule has 0 aliphatic heterocycles. The average Bonchev–Trinajstić information content (AvgIpc) is 2.69. The van der Waals surface area contributed by atoms with Crippen molar-refractivity contribution in [1.29, 1.82) is 0 Å². The highest BCUT2D eigenvalue weighted by Gasteiger charge is 2.17. The summed E-state index contributed by atoms with van der Waals surface area (Å²) < 4.78 is 5.07. The molecule has 2 rings (SSSR count). The normalized spacial score (nSPS) is 11.9. The average molecular weight is 299 g/mol. The Kier molecular flexibility index (Phi) is 4.59. The molecule has 18 heavy (non-hydrogen) atoms. The summed E-state index contributed by atoms with van der Waals surface area (Å²) in [7, 11) is 0. The summed E-state index contributed by atoms with van der Waals surface area (Å²) in [6, 6.07) is 4.44. The first-order valence-corrected chi connectivity index (χ1v) is 8.11. The first-order valence-electron chi connectivity index (χ1n) is 6.03. The lowest BCUT2D eigenvalue weighted by atomic mass is 9.90. The highest BCUT2D eigenvalue weighted by Crippen LogP contribution is 2.37. The lowest BCUT2D eigenvalue weighted by Gasteiger charge is -2.16. The molecule has 98 valence electrons. The van der Waals surface area contributed by atoms with Crippen molar-refractivity contribution in [3.63, 3.8) is 0 Å². The van der Waals surface area contributed by atoms with E-state index in [1.165, 1.54) is 27.8 Å². The van der Waals surface area contributed by atoms with Crippen molar-refractivity contribution in [3.05, 3.63) is 23.3 Å². The molecule has 0 atom stereocenters. The van der Waals surface area contributed by atoms with Crippen molar-refractivity contribution in [1.82, 2.24) is 9.11 Å². The van der Waals surface area contributed by atoms with E-state index < -0.39 is 0 Å². The molecule has 2 aromatic rings. The summed E-state index contributed by atoms with van der Waals surface area (Å²) in [4.78, 5) is 4.74. The Bertz CT molecular complexity index is 546. The number of hydrogen-bond donors (Lipinski definition) is 2. The molecule has 5 heteroatoms. The molecule has 0 aliphatic rings. The summed E-state index contributed by atoms with van der Waals surface area (Å²) in [5, 5.41) is 0. The van der Waals surface area contributed by atoms with Crippen molar-refractivity contribution in [3.8, 4) is 0 Å². The Balaban J connectivity index is 2.65. The summed E-state index contributed by atoms with van der Waals surface area (Å²) in [6.07, 6.45) is 0. The predicted molar refractivity (Wildman–Crippen MR) is 85.8 cm³/mol. The molecule has 0 fully saturated rings. The van der Waals surface area contributed by atoms with Crippen LogP contribution in [-0.2, 0) is 0 Å². The zero-order valence-electron chi connectivity index (χ0n) is 11.0. The fraction of sp³-hybridized carbons (Fsp3) is 0.462. The number of aromatic nitrogens is 1. The number of thiazole rings is 1. The number of thiol groups is 1. The van der Waals surface area contributed by atoms with E-state index in [1.807, 2.05) is 0 Å². The van der Waals surface area contributed by atoms with Gasteiger partial charge in [-0.2, -0.15) is 0 Å². The molecule has 2 nitrogen and oxygen atoms in total. The monoisotopic (exact) mass is 298 g/mol. The zero-order chi connectivity index (χ0) is 13.3. The SMILES string of the molecule is CC(C)c1ccc2sc(SNS)nc2c1C(C)C. The molecule has 1 aromatic heterocycles. The van der Waals surface area contributed by atoms with Crippen molar-refractivity contribution in [2.45, 2.75) is 43.9 Å². The minimum Gasteiger partial charge on any atom is -0.228 e. The molecule has 0 saturated heterocycles. The van der Waals surface area contributed by atoms with Gasteiger partial charge in [-0.1, -0.05) is 46.6 Å². The third-order valence-corrected chi connectivity index (χ3v) is 4.89. The number of benzene rings is 1. The van der Waals surface area contributed by atoms with Gasteiger partial charge in [0.25, 0.3) is 0 Å². The van der Waals surface area contributed by atoms with Crippen LogP contribution in [0.25, 0.3) is 10.2 Å². The minimum atomic E-state index is 0.495. The highest BCUT2D eigenvalue weighted by molar-refractivity contribution is 8.07. The number of nitrogens with zero attached hydrogens (tertiary/aromatic N) is 1. The summed E-state index contributed by atoms with van der Waals surface area (Å²) in [5.74, 6) is 1.03. The Labute approximate surface area is 122 Å². The Hall–Kier alpha value is -0.230. The minimum absolute atomic E-state index is 0.495. The van der Waals surface area contributed by atoms with Gasteiger partial charge < -0.3 is 0 Å². The molecule has 0 aliphatic carbocycles. The van der Waals surface area contributed by atoms with Crippen LogP contribution in [0.4, 0.5) is 0 Å². The molecular weight excluding hydrogens is 280 g/mol. The second kappa shape index (κ2) is 5.82. The molecule has 1 N–H and O–H groups in total. The Morgan fingerprint density at radius 2 is 1.94 bits per heavy atom. The van der Waals surface area contributed by atoms with Gasteiger partial charge in [0.15, 0.2) is 4.34 Å². The first kappa shape index (κ1) is 14.2. The standard InChI is InChI=1S/C13H18N2S3/c1-7(2)9-5-6-10-12(11(9)8(3)4)14-13(17-10)18-15-16/h5-8,15-16H,1-4H3. The van der Waals surface area contributed by atoms with E-state index >= 15 is 0 Å². The van der Waals surface area contributed by atoms with E-state index in [9.17, 15) is 0 Å². The third-order valence-electron chi connectivity index (χ3n) is 2.95. The quantitative estimate of drug-likeness (QED) is 0.615. The van der Waals surface area contributed by atoms with E-state index in [0.29, 0.717) is 11.8 Å². The lowest BCUT2D eigenvalue weighted by molar-refractivity contribution is 0.795. The van der Waals surface area contributed by atoms with Gasteiger partial charge in [0.2, 0.25) is 0 Å². The Morgan fingerprint density at radius 1 is 1.22 bits per heavy atom. The van der Waals surface area contributed by atoms with Crippen molar-refractivity contribution in [2.75, 3.05) is 0 Å². The maximum Gasteiger partial charge on any atom is 0.166 e. The van der Waals surface area contributed by atoms with Gasteiger partial charge in [0, 0.05) is 0 Å². The van der Waals surface area contributed by atoms with Crippen LogP contribution in [0.1, 0.15) is 50.7 Å².